The molecule has 0 amide bonds. The number of hydrogen-bond donors (Lipinski definition) is 1. The molecule has 0 aromatic heterocycles. The highest BCUT2D eigenvalue weighted by Gasteiger charge is 2.39. The van der Waals surface area contributed by atoms with Crippen molar-refractivity contribution < 1.29 is 4.74 Å². The summed E-state index contributed by atoms with van der Waals surface area (Å²) in [4.78, 5) is 0. The Bertz CT molecular complexity index is 425. The van der Waals surface area contributed by atoms with Gasteiger partial charge in [0.2, 0.25) is 0 Å². The first kappa shape index (κ1) is 12.3. The summed E-state index contributed by atoms with van der Waals surface area (Å²) < 4.78 is 6.31. The van der Waals surface area contributed by atoms with E-state index in [0.29, 0.717) is 12.0 Å². The maximum absolute atomic E-state index is 6.31. The van der Waals surface area contributed by atoms with Gasteiger partial charge < -0.3 is 10.1 Å². The number of nitrogens with one attached hydrogen (secondary N) is 1. The van der Waals surface area contributed by atoms with Crippen LogP contribution in [0.15, 0.2) is 18.2 Å². The van der Waals surface area contributed by atoms with E-state index in [0.717, 1.165) is 35.3 Å². The summed E-state index contributed by atoms with van der Waals surface area (Å²) in [6.45, 7) is 4.31. The Morgan fingerprint density at radius 3 is 2.72 bits per heavy atom. The molecule has 1 aliphatic carbocycles. The van der Waals surface area contributed by atoms with Crippen LogP contribution in [0.2, 0.25) is 5.02 Å². The highest BCUT2D eigenvalue weighted by Crippen LogP contribution is 2.40. The second-order valence-electron chi connectivity index (χ2n) is 5.58. The molecule has 1 saturated heterocycles. The zero-order valence-electron chi connectivity index (χ0n) is 10.8. The van der Waals surface area contributed by atoms with Crippen LogP contribution in [-0.4, -0.2) is 19.2 Å². The lowest BCUT2D eigenvalue weighted by molar-refractivity contribution is 0.120. The molecule has 1 aliphatic heterocycles. The van der Waals surface area contributed by atoms with E-state index >= 15 is 0 Å². The van der Waals surface area contributed by atoms with E-state index in [2.05, 4.69) is 12.2 Å². The Hall–Kier alpha value is -0.730. The van der Waals surface area contributed by atoms with Gasteiger partial charge in [0.25, 0.3) is 0 Å². The molecular formula is C15H20ClNO. The van der Waals surface area contributed by atoms with E-state index in [-0.39, 0.29) is 0 Å². The standard InChI is InChI=1S/C15H20ClNO/c1-10-8-13(16)4-5-14(10)18-15(11-2-3-11)12-6-7-17-9-12/h4-5,8,11-12,15,17H,2-3,6-7,9H2,1H3/t12-,15?/m0/s1. The number of halogens is 1. The van der Waals surface area contributed by atoms with Gasteiger partial charge in [-0.25, -0.2) is 0 Å². The van der Waals surface area contributed by atoms with Gasteiger partial charge in [-0.15, -0.1) is 0 Å². The predicted molar refractivity (Wildman–Crippen MR) is 74.3 cm³/mol. The molecule has 18 heavy (non-hydrogen) atoms. The highest BCUT2D eigenvalue weighted by molar-refractivity contribution is 6.30. The third-order valence-electron chi connectivity index (χ3n) is 4.05. The first-order valence-corrected chi connectivity index (χ1v) is 7.25. The van der Waals surface area contributed by atoms with Crippen molar-refractivity contribution in [3.63, 3.8) is 0 Å². The van der Waals surface area contributed by atoms with Crippen molar-refractivity contribution in [3.05, 3.63) is 28.8 Å². The Morgan fingerprint density at radius 2 is 2.11 bits per heavy atom. The summed E-state index contributed by atoms with van der Waals surface area (Å²) in [6.07, 6.45) is 4.29. The van der Waals surface area contributed by atoms with E-state index in [1.165, 1.54) is 19.3 Å². The molecule has 2 aliphatic rings. The third kappa shape index (κ3) is 2.65. The molecule has 1 saturated carbocycles. The van der Waals surface area contributed by atoms with E-state index in [1.807, 2.05) is 18.2 Å². The Morgan fingerprint density at radius 1 is 1.28 bits per heavy atom. The lowest BCUT2D eigenvalue weighted by atomic mass is 9.97. The molecule has 0 bridgehead atoms. The fraction of sp³-hybridized carbons (Fsp3) is 0.600. The predicted octanol–water partition coefficient (Wildman–Crippen LogP) is 3.42. The second kappa shape index (κ2) is 5.10. The smallest absolute Gasteiger partial charge is 0.122 e. The van der Waals surface area contributed by atoms with Crippen LogP contribution in [-0.2, 0) is 0 Å². The first-order chi connectivity index (χ1) is 8.74. The molecule has 1 N–H and O–H groups in total. The normalized spacial score (nSPS) is 25.1. The van der Waals surface area contributed by atoms with E-state index in [1.54, 1.807) is 0 Å². The lowest BCUT2D eigenvalue weighted by Gasteiger charge is -2.25. The van der Waals surface area contributed by atoms with Gasteiger partial charge in [-0.2, -0.15) is 0 Å². The van der Waals surface area contributed by atoms with Crippen molar-refractivity contribution >= 4 is 11.6 Å². The first-order valence-electron chi connectivity index (χ1n) is 6.87. The van der Waals surface area contributed by atoms with Crippen LogP contribution >= 0.6 is 11.6 Å². The number of rotatable bonds is 4. The van der Waals surface area contributed by atoms with Crippen molar-refractivity contribution in [3.8, 4) is 5.75 Å². The van der Waals surface area contributed by atoms with Gasteiger partial charge in [-0.3, -0.25) is 0 Å². The van der Waals surface area contributed by atoms with Crippen molar-refractivity contribution in [2.24, 2.45) is 11.8 Å². The SMILES string of the molecule is Cc1cc(Cl)ccc1OC(C1CC1)[C@H]1CCNC1. The van der Waals surface area contributed by atoms with Crippen molar-refractivity contribution in [2.45, 2.75) is 32.3 Å². The average Bonchev–Trinajstić information content (AvgIpc) is 3.03. The summed E-state index contributed by atoms with van der Waals surface area (Å²) in [5, 5.41) is 4.23. The van der Waals surface area contributed by atoms with Gasteiger partial charge in [0.15, 0.2) is 0 Å². The maximum Gasteiger partial charge on any atom is 0.122 e. The molecule has 3 heteroatoms. The van der Waals surface area contributed by atoms with E-state index in [4.69, 9.17) is 16.3 Å². The van der Waals surface area contributed by atoms with Crippen molar-refractivity contribution in [1.29, 1.82) is 0 Å². The zero-order valence-corrected chi connectivity index (χ0v) is 11.5. The van der Waals surface area contributed by atoms with Crippen molar-refractivity contribution in [2.75, 3.05) is 13.1 Å². The van der Waals surface area contributed by atoms with E-state index in [9.17, 15) is 0 Å². The topological polar surface area (TPSA) is 21.3 Å². The van der Waals surface area contributed by atoms with Crippen LogP contribution in [0.3, 0.4) is 0 Å². The lowest BCUT2D eigenvalue weighted by Crippen LogP contribution is -2.31. The van der Waals surface area contributed by atoms with Crippen molar-refractivity contribution in [1.82, 2.24) is 5.32 Å². The maximum atomic E-state index is 6.31. The summed E-state index contributed by atoms with van der Waals surface area (Å²) >= 11 is 5.99. The number of benzene rings is 1. The minimum absolute atomic E-state index is 0.389. The summed E-state index contributed by atoms with van der Waals surface area (Å²) in [5.41, 5.74) is 1.14. The number of aryl methyl sites for hydroxylation is 1. The third-order valence-corrected chi connectivity index (χ3v) is 4.28. The van der Waals surface area contributed by atoms with Crippen LogP contribution in [0.1, 0.15) is 24.8 Å². The van der Waals surface area contributed by atoms with Crippen LogP contribution in [0.4, 0.5) is 0 Å². The van der Waals surface area contributed by atoms with Crippen LogP contribution in [0, 0.1) is 18.8 Å². The highest BCUT2D eigenvalue weighted by atomic mass is 35.5. The fourth-order valence-electron chi connectivity index (χ4n) is 2.85. The molecule has 1 unspecified atom stereocenters. The molecule has 2 fully saturated rings. The minimum atomic E-state index is 0.389. The van der Waals surface area contributed by atoms with Crippen LogP contribution in [0.5, 0.6) is 5.75 Å². The molecular weight excluding hydrogens is 246 g/mol. The monoisotopic (exact) mass is 265 g/mol. The van der Waals surface area contributed by atoms with Gasteiger partial charge in [-0.05, 0) is 62.4 Å². The molecule has 1 heterocycles. The largest absolute Gasteiger partial charge is 0.490 e. The molecule has 2 nitrogen and oxygen atoms in total. The van der Waals surface area contributed by atoms with Crippen LogP contribution < -0.4 is 10.1 Å². The van der Waals surface area contributed by atoms with Gasteiger partial charge in [-0.1, -0.05) is 11.6 Å². The van der Waals surface area contributed by atoms with Gasteiger partial charge in [0.1, 0.15) is 11.9 Å². The van der Waals surface area contributed by atoms with E-state index < -0.39 is 0 Å². The molecule has 3 rings (SSSR count). The number of ether oxygens (including phenoxy) is 1. The summed E-state index contributed by atoms with van der Waals surface area (Å²) in [7, 11) is 0. The van der Waals surface area contributed by atoms with Gasteiger partial charge in [0, 0.05) is 17.5 Å². The molecule has 2 atom stereocenters. The number of hydrogen-bond acceptors (Lipinski definition) is 2. The average molecular weight is 266 g/mol. The Labute approximate surface area is 114 Å². The fourth-order valence-corrected chi connectivity index (χ4v) is 3.08. The zero-order chi connectivity index (χ0) is 12.5. The van der Waals surface area contributed by atoms with Gasteiger partial charge >= 0.3 is 0 Å². The molecule has 1 aromatic rings. The second-order valence-corrected chi connectivity index (χ2v) is 6.02. The van der Waals surface area contributed by atoms with Gasteiger partial charge in [0.05, 0.1) is 0 Å². The molecule has 0 radical (unpaired) electrons. The molecule has 0 spiro atoms. The summed E-state index contributed by atoms with van der Waals surface area (Å²) in [5.74, 6) is 2.45. The quantitative estimate of drug-likeness (QED) is 0.901. The van der Waals surface area contributed by atoms with Crippen LogP contribution in [0.25, 0.3) is 0 Å². The Balaban J connectivity index is 1.75. The molecule has 1 aromatic carbocycles. The molecule has 98 valence electrons. The summed E-state index contributed by atoms with van der Waals surface area (Å²) in [6, 6.07) is 5.91. The minimum Gasteiger partial charge on any atom is -0.490 e. The Kier molecular flexibility index (Phi) is 3.49.